The van der Waals surface area contributed by atoms with Crippen LogP contribution < -0.4 is 0 Å². The van der Waals surface area contributed by atoms with Gasteiger partial charge in [0.1, 0.15) is 6.10 Å². The summed E-state index contributed by atoms with van der Waals surface area (Å²) in [5, 5.41) is 8.78. The van der Waals surface area contributed by atoms with E-state index in [1.165, 1.54) is 7.11 Å². The first kappa shape index (κ1) is 9.79. The molecule has 2 nitrogen and oxygen atoms in total. The van der Waals surface area contributed by atoms with Crippen LogP contribution in [0.5, 0.6) is 0 Å². The van der Waals surface area contributed by atoms with E-state index < -0.39 is 0 Å². The molecule has 1 rings (SSSR count). The number of aliphatic hydroxyl groups is 1. The van der Waals surface area contributed by atoms with Crippen LogP contribution in [0.1, 0.15) is 5.56 Å². The van der Waals surface area contributed by atoms with Gasteiger partial charge in [0, 0.05) is 12.7 Å². The lowest BCUT2D eigenvalue weighted by molar-refractivity contribution is 0.0884. The van der Waals surface area contributed by atoms with Crippen molar-refractivity contribution in [2.75, 3.05) is 13.7 Å². The Labute approximate surface area is 78.2 Å². The molecular formula is C11H12O2. The molecule has 0 heterocycles. The normalized spacial score (nSPS) is 11.5. The summed E-state index contributed by atoms with van der Waals surface area (Å²) in [5.41, 5.74) is 0.929. The molecule has 0 fully saturated rings. The number of hydrogen-bond donors (Lipinski definition) is 1. The molecule has 0 bridgehead atoms. The summed E-state index contributed by atoms with van der Waals surface area (Å²) in [6.07, 6.45) is -0.389. The van der Waals surface area contributed by atoms with Crippen molar-refractivity contribution in [1.29, 1.82) is 0 Å². The number of ether oxygens (including phenoxy) is 1. The van der Waals surface area contributed by atoms with E-state index in [-0.39, 0.29) is 12.7 Å². The van der Waals surface area contributed by atoms with Crippen LogP contribution in [0.25, 0.3) is 0 Å². The van der Waals surface area contributed by atoms with Crippen molar-refractivity contribution in [2.24, 2.45) is 0 Å². The number of hydrogen-bond acceptors (Lipinski definition) is 2. The Bertz CT molecular complexity index is 291. The van der Waals surface area contributed by atoms with Crippen LogP contribution in [-0.2, 0) is 4.74 Å². The van der Waals surface area contributed by atoms with E-state index in [1.807, 2.05) is 30.3 Å². The molecule has 2 heteroatoms. The molecule has 1 unspecified atom stereocenters. The molecule has 0 aliphatic carbocycles. The first-order valence-electron chi connectivity index (χ1n) is 4.07. The highest BCUT2D eigenvalue weighted by Crippen LogP contribution is 1.95. The summed E-state index contributed by atoms with van der Waals surface area (Å²) in [5.74, 6) is 5.72. The molecule has 0 saturated heterocycles. The SMILES string of the molecule is COC(C#Cc1ccccc1)CO. The fourth-order valence-corrected chi connectivity index (χ4v) is 0.864. The first-order valence-corrected chi connectivity index (χ1v) is 4.07. The van der Waals surface area contributed by atoms with Gasteiger partial charge in [0.25, 0.3) is 0 Å². The van der Waals surface area contributed by atoms with Crippen molar-refractivity contribution in [3.8, 4) is 11.8 Å². The fourth-order valence-electron chi connectivity index (χ4n) is 0.864. The molecule has 1 N–H and O–H groups in total. The largest absolute Gasteiger partial charge is 0.393 e. The zero-order valence-corrected chi connectivity index (χ0v) is 7.53. The molecule has 68 valence electrons. The van der Waals surface area contributed by atoms with Crippen molar-refractivity contribution in [2.45, 2.75) is 6.10 Å². The minimum absolute atomic E-state index is 0.0731. The van der Waals surface area contributed by atoms with Gasteiger partial charge < -0.3 is 9.84 Å². The maximum absolute atomic E-state index is 8.78. The predicted molar refractivity (Wildman–Crippen MR) is 51.2 cm³/mol. The summed E-state index contributed by atoms with van der Waals surface area (Å²) in [7, 11) is 1.53. The van der Waals surface area contributed by atoms with Crippen LogP contribution in [0.4, 0.5) is 0 Å². The zero-order valence-electron chi connectivity index (χ0n) is 7.53. The summed E-state index contributed by atoms with van der Waals surface area (Å²) in [6.45, 7) is -0.0731. The third-order valence-corrected chi connectivity index (χ3v) is 1.60. The summed E-state index contributed by atoms with van der Waals surface area (Å²) in [6, 6.07) is 9.61. The minimum Gasteiger partial charge on any atom is -0.393 e. The van der Waals surface area contributed by atoms with Crippen LogP contribution in [0, 0.1) is 11.8 Å². The molecular weight excluding hydrogens is 164 g/mol. The highest BCUT2D eigenvalue weighted by atomic mass is 16.5. The molecule has 0 spiro atoms. The predicted octanol–water partition coefficient (Wildman–Crippen LogP) is 1.05. The van der Waals surface area contributed by atoms with E-state index >= 15 is 0 Å². The van der Waals surface area contributed by atoms with Gasteiger partial charge in [0.2, 0.25) is 0 Å². The van der Waals surface area contributed by atoms with Gasteiger partial charge >= 0.3 is 0 Å². The van der Waals surface area contributed by atoms with Crippen molar-refractivity contribution >= 4 is 0 Å². The van der Waals surface area contributed by atoms with Gasteiger partial charge in [0.05, 0.1) is 6.61 Å². The smallest absolute Gasteiger partial charge is 0.141 e. The molecule has 0 radical (unpaired) electrons. The Balaban J connectivity index is 2.66. The molecule has 13 heavy (non-hydrogen) atoms. The minimum atomic E-state index is -0.389. The Kier molecular flexibility index (Phi) is 4.04. The lowest BCUT2D eigenvalue weighted by Crippen LogP contribution is -2.12. The molecule has 1 aromatic carbocycles. The van der Waals surface area contributed by atoms with E-state index in [1.54, 1.807) is 0 Å². The first-order chi connectivity index (χ1) is 6.36. The topological polar surface area (TPSA) is 29.5 Å². The summed E-state index contributed by atoms with van der Waals surface area (Å²) >= 11 is 0. The number of rotatable bonds is 2. The second kappa shape index (κ2) is 5.36. The van der Waals surface area contributed by atoms with Gasteiger partial charge in [-0.25, -0.2) is 0 Å². The van der Waals surface area contributed by atoms with Crippen LogP contribution in [0.15, 0.2) is 30.3 Å². The van der Waals surface area contributed by atoms with Gasteiger partial charge in [-0.2, -0.15) is 0 Å². The Morgan fingerprint density at radius 1 is 1.38 bits per heavy atom. The van der Waals surface area contributed by atoms with Crippen molar-refractivity contribution in [1.82, 2.24) is 0 Å². The zero-order chi connectivity index (χ0) is 9.52. The number of methoxy groups -OCH3 is 1. The number of benzene rings is 1. The van der Waals surface area contributed by atoms with Crippen LogP contribution in [-0.4, -0.2) is 24.9 Å². The monoisotopic (exact) mass is 176 g/mol. The van der Waals surface area contributed by atoms with Gasteiger partial charge in [-0.15, -0.1) is 0 Å². The molecule has 1 atom stereocenters. The Hall–Kier alpha value is -1.30. The van der Waals surface area contributed by atoms with E-state index in [2.05, 4.69) is 11.8 Å². The molecule has 0 saturated carbocycles. The van der Waals surface area contributed by atoms with E-state index in [0.717, 1.165) is 5.56 Å². The average molecular weight is 176 g/mol. The van der Waals surface area contributed by atoms with Crippen molar-refractivity contribution in [3.63, 3.8) is 0 Å². The summed E-state index contributed by atoms with van der Waals surface area (Å²) < 4.78 is 4.90. The molecule has 0 aliphatic heterocycles. The van der Waals surface area contributed by atoms with Gasteiger partial charge in [-0.05, 0) is 12.1 Å². The van der Waals surface area contributed by atoms with Crippen LogP contribution in [0.3, 0.4) is 0 Å². The Morgan fingerprint density at radius 2 is 2.08 bits per heavy atom. The molecule has 0 amide bonds. The second-order valence-corrected chi connectivity index (χ2v) is 2.54. The summed E-state index contributed by atoms with van der Waals surface area (Å²) in [4.78, 5) is 0. The third kappa shape index (κ3) is 3.29. The van der Waals surface area contributed by atoms with E-state index in [0.29, 0.717) is 0 Å². The Morgan fingerprint density at radius 3 is 2.62 bits per heavy atom. The standard InChI is InChI=1S/C11H12O2/c1-13-11(9-12)8-7-10-5-3-2-4-6-10/h2-6,11-12H,9H2,1H3. The van der Waals surface area contributed by atoms with Gasteiger partial charge in [0.15, 0.2) is 0 Å². The quantitative estimate of drug-likeness (QED) is 0.682. The van der Waals surface area contributed by atoms with Crippen molar-refractivity contribution < 1.29 is 9.84 Å². The lowest BCUT2D eigenvalue weighted by Gasteiger charge is -2.01. The molecule has 1 aromatic rings. The fraction of sp³-hybridized carbons (Fsp3) is 0.273. The van der Waals surface area contributed by atoms with Crippen molar-refractivity contribution in [3.05, 3.63) is 35.9 Å². The lowest BCUT2D eigenvalue weighted by atomic mass is 10.2. The van der Waals surface area contributed by atoms with Gasteiger partial charge in [-0.1, -0.05) is 30.0 Å². The van der Waals surface area contributed by atoms with Crippen LogP contribution in [0.2, 0.25) is 0 Å². The van der Waals surface area contributed by atoms with E-state index in [9.17, 15) is 0 Å². The highest BCUT2D eigenvalue weighted by molar-refractivity contribution is 5.34. The van der Waals surface area contributed by atoms with Crippen LogP contribution >= 0.6 is 0 Å². The highest BCUT2D eigenvalue weighted by Gasteiger charge is 1.97. The average Bonchev–Trinajstić information content (AvgIpc) is 2.21. The third-order valence-electron chi connectivity index (χ3n) is 1.60. The molecule has 0 aliphatic rings. The molecule has 0 aromatic heterocycles. The maximum Gasteiger partial charge on any atom is 0.141 e. The van der Waals surface area contributed by atoms with E-state index in [4.69, 9.17) is 9.84 Å². The number of aliphatic hydroxyl groups excluding tert-OH is 1. The second-order valence-electron chi connectivity index (χ2n) is 2.54. The maximum atomic E-state index is 8.78. The van der Waals surface area contributed by atoms with Gasteiger partial charge in [-0.3, -0.25) is 0 Å².